The lowest BCUT2D eigenvalue weighted by Gasteiger charge is -2.05. The molecule has 3 aromatic rings. The third-order valence-electron chi connectivity index (χ3n) is 3.15. The number of hydrogen-bond acceptors (Lipinski definition) is 4. The standard InChI is InChI=1S/C18H15BrN4/c1-13-11-17(22-18(21-13)15-5-3-2-4-6-15)23-20-12-14-7-9-16(19)10-8-14/h2-12H,1H3,(H,21,22,23). The van der Waals surface area contributed by atoms with Crippen LogP contribution in [0.15, 0.2) is 70.2 Å². The zero-order valence-corrected chi connectivity index (χ0v) is 14.2. The van der Waals surface area contributed by atoms with Crippen molar-refractivity contribution in [3.05, 3.63) is 76.4 Å². The highest BCUT2D eigenvalue weighted by Crippen LogP contribution is 2.17. The van der Waals surface area contributed by atoms with Gasteiger partial charge < -0.3 is 0 Å². The van der Waals surface area contributed by atoms with Gasteiger partial charge in [0.05, 0.1) is 6.21 Å². The summed E-state index contributed by atoms with van der Waals surface area (Å²) < 4.78 is 1.04. The number of hydrogen-bond donors (Lipinski definition) is 1. The second-order valence-corrected chi connectivity index (χ2v) is 5.92. The zero-order chi connectivity index (χ0) is 16.1. The summed E-state index contributed by atoms with van der Waals surface area (Å²) in [7, 11) is 0. The van der Waals surface area contributed by atoms with E-state index in [1.807, 2.05) is 67.6 Å². The second-order valence-electron chi connectivity index (χ2n) is 5.01. The summed E-state index contributed by atoms with van der Waals surface area (Å²) in [6, 6.07) is 19.7. The Labute approximate surface area is 143 Å². The maximum absolute atomic E-state index is 4.51. The Morgan fingerprint density at radius 1 is 1.00 bits per heavy atom. The van der Waals surface area contributed by atoms with Gasteiger partial charge in [0, 0.05) is 21.8 Å². The van der Waals surface area contributed by atoms with Crippen molar-refractivity contribution in [2.75, 3.05) is 5.43 Å². The van der Waals surface area contributed by atoms with Crippen LogP contribution in [0.1, 0.15) is 11.3 Å². The van der Waals surface area contributed by atoms with Gasteiger partial charge in [0.25, 0.3) is 0 Å². The van der Waals surface area contributed by atoms with Crippen LogP contribution in [0.3, 0.4) is 0 Å². The van der Waals surface area contributed by atoms with E-state index in [1.165, 1.54) is 0 Å². The van der Waals surface area contributed by atoms with E-state index in [9.17, 15) is 0 Å². The van der Waals surface area contributed by atoms with Crippen LogP contribution >= 0.6 is 15.9 Å². The summed E-state index contributed by atoms with van der Waals surface area (Å²) in [4.78, 5) is 8.98. The first-order valence-electron chi connectivity index (χ1n) is 7.16. The van der Waals surface area contributed by atoms with E-state index in [0.717, 1.165) is 21.3 Å². The predicted octanol–water partition coefficient (Wildman–Crippen LogP) is 4.66. The first kappa shape index (κ1) is 15.4. The average molecular weight is 367 g/mol. The fourth-order valence-electron chi connectivity index (χ4n) is 2.06. The van der Waals surface area contributed by atoms with Gasteiger partial charge >= 0.3 is 0 Å². The minimum Gasteiger partial charge on any atom is -0.261 e. The summed E-state index contributed by atoms with van der Waals surface area (Å²) in [6.07, 6.45) is 1.76. The van der Waals surface area contributed by atoms with Crippen LogP contribution < -0.4 is 5.43 Å². The molecule has 0 aliphatic heterocycles. The SMILES string of the molecule is Cc1cc(NN=Cc2ccc(Br)cc2)nc(-c2ccccc2)n1. The van der Waals surface area contributed by atoms with Crippen LogP contribution in [0, 0.1) is 6.92 Å². The zero-order valence-electron chi connectivity index (χ0n) is 12.6. The van der Waals surface area contributed by atoms with Gasteiger partial charge in [-0.15, -0.1) is 0 Å². The maximum atomic E-state index is 4.51. The van der Waals surface area contributed by atoms with E-state index in [-0.39, 0.29) is 0 Å². The van der Waals surface area contributed by atoms with Gasteiger partial charge in [-0.05, 0) is 24.6 Å². The van der Waals surface area contributed by atoms with Crippen molar-refractivity contribution in [1.82, 2.24) is 9.97 Å². The van der Waals surface area contributed by atoms with Crippen molar-refractivity contribution in [3.63, 3.8) is 0 Å². The molecule has 0 atom stereocenters. The van der Waals surface area contributed by atoms with Gasteiger partial charge in [-0.3, -0.25) is 5.43 Å². The molecule has 0 bridgehead atoms. The van der Waals surface area contributed by atoms with Crippen LogP contribution in [0.5, 0.6) is 0 Å². The van der Waals surface area contributed by atoms with E-state index < -0.39 is 0 Å². The maximum Gasteiger partial charge on any atom is 0.161 e. The smallest absolute Gasteiger partial charge is 0.161 e. The van der Waals surface area contributed by atoms with Crippen molar-refractivity contribution in [2.45, 2.75) is 6.92 Å². The molecule has 1 N–H and O–H groups in total. The molecule has 0 amide bonds. The summed E-state index contributed by atoms with van der Waals surface area (Å²) in [5.74, 6) is 1.36. The molecular formula is C18H15BrN4. The summed E-state index contributed by atoms with van der Waals surface area (Å²) >= 11 is 3.41. The molecular weight excluding hydrogens is 352 g/mol. The molecule has 0 fully saturated rings. The fraction of sp³-hybridized carbons (Fsp3) is 0.0556. The molecule has 4 nitrogen and oxygen atoms in total. The number of hydrazone groups is 1. The molecule has 0 saturated carbocycles. The number of nitrogens with zero attached hydrogens (tertiary/aromatic N) is 3. The monoisotopic (exact) mass is 366 g/mol. The van der Waals surface area contributed by atoms with Crippen molar-refractivity contribution < 1.29 is 0 Å². The predicted molar refractivity (Wildman–Crippen MR) is 97.6 cm³/mol. The highest BCUT2D eigenvalue weighted by molar-refractivity contribution is 9.10. The minimum absolute atomic E-state index is 0.671. The van der Waals surface area contributed by atoms with Crippen molar-refractivity contribution in [3.8, 4) is 11.4 Å². The first-order chi connectivity index (χ1) is 11.2. The van der Waals surface area contributed by atoms with Crippen LogP contribution in [0.2, 0.25) is 0 Å². The molecule has 0 spiro atoms. The topological polar surface area (TPSA) is 50.2 Å². The molecule has 0 radical (unpaired) electrons. The van der Waals surface area contributed by atoms with Crippen LogP contribution in [0.25, 0.3) is 11.4 Å². The average Bonchev–Trinajstić information content (AvgIpc) is 2.57. The Kier molecular flexibility index (Phi) is 4.78. The van der Waals surface area contributed by atoms with Crippen LogP contribution in [0.4, 0.5) is 5.82 Å². The van der Waals surface area contributed by atoms with Crippen LogP contribution in [-0.4, -0.2) is 16.2 Å². The number of aromatic nitrogens is 2. The highest BCUT2D eigenvalue weighted by Gasteiger charge is 2.03. The number of anilines is 1. The molecule has 0 aliphatic carbocycles. The Morgan fingerprint density at radius 2 is 1.74 bits per heavy atom. The molecule has 1 heterocycles. The highest BCUT2D eigenvalue weighted by atomic mass is 79.9. The number of nitrogens with one attached hydrogen (secondary N) is 1. The third kappa shape index (κ3) is 4.23. The van der Waals surface area contributed by atoms with E-state index in [1.54, 1.807) is 6.21 Å². The fourth-order valence-corrected chi connectivity index (χ4v) is 2.33. The van der Waals surface area contributed by atoms with Crippen LogP contribution in [-0.2, 0) is 0 Å². The lowest BCUT2D eigenvalue weighted by Crippen LogP contribution is -1.99. The molecule has 2 aromatic carbocycles. The van der Waals surface area contributed by atoms with Gasteiger partial charge in [0.15, 0.2) is 11.6 Å². The number of rotatable bonds is 4. The largest absolute Gasteiger partial charge is 0.261 e. The number of halogens is 1. The van der Waals surface area contributed by atoms with Gasteiger partial charge in [-0.2, -0.15) is 5.10 Å². The molecule has 0 saturated heterocycles. The van der Waals surface area contributed by atoms with E-state index >= 15 is 0 Å². The lowest BCUT2D eigenvalue weighted by atomic mass is 10.2. The molecule has 5 heteroatoms. The molecule has 0 unspecified atom stereocenters. The minimum atomic E-state index is 0.671. The summed E-state index contributed by atoms with van der Waals surface area (Å²) in [6.45, 7) is 1.94. The summed E-state index contributed by atoms with van der Waals surface area (Å²) in [5, 5.41) is 4.24. The molecule has 1 aromatic heterocycles. The molecule has 23 heavy (non-hydrogen) atoms. The van der Waals surface area contributed by atoms with E-state index in [4.69, 9.17) is 0 Å². The van der Waals surface area contributed by atoms with E-state index in [2.05, 4.69) is 36.4 Å². The molecule has 114 valence electrons. The second kappa shape index (κ2) is 7.15. The van der Waals surface area contributed by atoms with Gasteiger partial charge in [0.1, 0.15) is 0 Å². The molecule has 3 rings (SSSR count). The van der Waals surface area contributed by atoms with Gasteiger partial charge in [-0.25, -0.2) is 9.97 Å². The summed E-state index contributed by atoms with van der Waals surface area (Å²) in [5.41, 5.74) is 5.85. The first-order valence-corrected chi connectivity index (χ1v) is 7.96. The van der Waals surface area contributed by atoms with Gasteiger partial charge in [-0.1, -0.05) is 58.4 Å². The number of benzene rings is 2. The normalized spacial score (nSPS) is 10.9. The Balaban J connectivity index is 1.78. The number of aryl methyl sites for hydroxylation is 1. The van der Waals surface area contributed by atoms with E-state index in [0.29, 0.717) is 11.6 Å². The third-order valence-corrected chi connectivity index (χ3v) is 3.68. The van der Waals surface area contributed by atoms with Crippen molar-refractivity contribution in [1.29, 1.82) is 0 Å². The van der Waals surface area contributed by atoms with Crippen molar-refractivity contribution >= 4 is 28.0 Å². The Morgan fingerprint density at radius 3 is 2.48 bits per heavy atom. The van der Waals surface area contributed by atoms with Crippen molar-refractivity contribution in [2.24, 2.45) is 5.10 Å². The molecule has 0 aliphatic rings. The quantitative estimate of drug-likeness (QED) is 0.539. The Bertz CT molecular complexity index is 814. The van der Waals surface area contributed by atoms with Gasteiger partial charge in [0.2, 0.25) is 0 Å². The Hall–Kier alpha value is -2.53. The lowest BCUT2D eigenvalue weighted by molar-refractivity contribution is 1.10.